The second kappa shape index (κ2) is 11.7. The van der Waals surface area contributed by atoms with Gasteiger partial charge >= 0.3 is 0 Å². The highest BCUT2D eigenvalue weighted by atomic mass is 127. The summed E-state index contributed by atoms with van der Waals surface area (Å²) in [5.41, 5.74) is 5.64. The van der Waals surface area contributed by atoms with E-state index in [2.05, 4.69) is 57.4 Å². The van der Waals surface area contributed by atoms with Crippen LogP contribution in [-0.4, -0.2) is 19.2 Å². The SMILES string of the molecule is COc1cc(/C=N\NC(=O)CCc2ccccc2)cc(I)c1OCc1cccc2ccccc12. The van der Waals surface area contributed by atoms with Crippen LogP contribution in [0.1, 0.15) is 23.1 Å². The molecule has 0 saturated heterocycles. The lowest BCUT2D eigenvalue weighted by Crippen LogP contribution is -2.17. The fraction of sp³-hybridized carbons (Fsp3) is 0.143. The van der Waals surface area contributed by atoms with Gasteiger partial charge in [0.25, 0.3) is 0 Å². The first-order chi connectivity index (χ1) is 16.6. The van der Waals surface area contributed by atoms with Gasteiger partial charge in [0.2, 0.25) is 5.91 Å². The standard InChI is InChI=1S/C28H25IN2O3/c1-33-26-17-21(18-30-31-27(32)15-14-20-8-3-2-4-9-20)16-25(29)28(26)34-19-23-12-7-11-22-10-5-6-13-24(22)23/h2-13,16-18H,14-15,19H2,1H3,(H,31,32)/b30-18-. The molecule has 0 unspecified atom stereocenters. The molecule has 1 amide bonds. The van der Waals surface area contributed by atoms with Gasteiger partial charge in [0.05, 0.1) is 16.9 Å². The van der Waals surface area contributed by atoms with E-state index in [0.717, 1.165) is 20.3 Å². The van der Waals surface area contributed by atoms with Crippen LogP contribution in [0.3, 0.4) is 0 Å². The number of hydrogen-bond acceptors (Lipinski definition) is 4. The van der Waals surface area contributed by atoms with Crippen molar-refractivity contribution in [1.82, 2.24) is 5.43 Å². The first-order valence-corrected chi connectivity index (χ1v) is 12.0. The van der Waals surface area contributed by atoms with Crippen LogP contribution in [0.2, 0.25) is 0 Å². The zero-order valence-electron chi connectivity index (χ0n) is 18.8. The van der Waals surface area contributed by atoms with E-state index in [4.69, 9.17) is 9.47 Å². The van der Waals surface area contributed by atoms with E-state index in [-0.39, 0.29) is 5.91 Å². The van der Waals surface area contributed by atoms with Gasteiger partial charge in [0.15, 0.2) is 11.5 Å². The summed E-state index contributed by atoms with van der Waals surface area (Å²) in [5.74, 6) is 1.17. The van der Waals surface area contributed by atoms with Gasteiger partial charge in [-0.05, 0) is 68.6 Å². The molecule has 5 nitrogen and oxygen atoms in total. The molecule has 0 aliphatic carbocycles. The number of carbonyl (C=O) groups excluding carboxylic acids is 1. The van der Waals surface area contributed by atoms with Crippen LogP contribution >= 0.6 is 22.6 Å². The summed E-state index contributed by atoms with van der Waals surface area (Å²) in [6.45, 7) is 0.429. The van der Waals surface area contributed by atoms with Gasteiger partial charge in [-0.15, -0.1) is 0 Å². The number of aryl methyl sites for hydroxylation is 1. The molecule has 4 aromatic rings. The fourth-order valence-electron chi connectivity index (χ4n) is 3.66. The Labute approximate surface area is 212 Å². The molecule has 0 heterocycles. The zero-order valence-corrected chi connectivity index (χ0v) is 21.0. The maximum atomic E-state index is 12.1. The predicted octanol–water partition coefficient (Wildman–Crippen LogP) is 6.11. The summed E-state index contributed by atoms with van der Waals surface area (Å²) in [7, 11) is 1.61. The van der Waals surface area contributed by atoms with Crippen molar-refractivity contribution in [3.63, 3.8) is 0 Å². The van der Waals surface area contributed by atoms with Crippen molar-refractivity contribution in [2.24, 2.45) is 5.10 Å². The molecule has 0 saturated carbocycles. The molecule has 172 valence electrons. The van der Waals surface area contributed by atoms with Crippen molar-refractivity contribution in [1.29, 1.82) is 0 Å². The second-order valence-corrected chi connectivity index (χ2v) is 8.90. The smallest absolute Gasteiger partial charge is 0.240 e. The number of hydrogen-bond donors (Lipinski definition) is 1. The van der Waals surface area contributed by atoms with E-state index >= 15 is 0 Å². The number of nitrogens with zero attached hydrogens (tertiary/aromatic N) is 1. The maximum Gasteiger partial charge on any atom is 0.240 e. The van der Waals surface area contributed by atoms with E-state index in [1.54, 1.807) is 13.3 Å². The third kappa shape index (κ3) is 6.14. The number of hydrazone groups is 1. The van der Waals surface area contributed by atoms with E-state index in [1.807, 2.05) is 60.7 Å². The van der Waals surface area contributed by atoms with Crippen molar-refractivity contribution in [2.45, 2.75) is 19.4 Å². The molecular weight excluding hydrogens is 539 g/mol. The number of carbonyl (C=O) groups is 1. The monoisotopic (exact) mass is 564 g/mol. The van der Waals surface area contributed by atoms with Gasteiger partial charge in [0.1, 0.15) is 6.61 Å². The quantitative estimate of drug-likeness (QED) is 0.152. The van der Waals surface area contributed by atoms with Crippen LogP contribution in [0.25, 0.3) is 10.8 Å². The van der Waals surface area contributed by atoms with E-state index in [0.29, 0.717) is 30.9 Å². The average molecular weight is 564 g/mol. The third-order valence-corrected chi connectivity index (χ3v) is 6.19. The maximum absolute atomic E-state index is 12.1. The lowest BCUT2D eigenvalue weighted by atomic mass is 10.1. The van der Waals surface area contributed by atoms with Gasteiger partial charge < -0.3 is 9.47 Å². The molecule has 0 aromatic heterocycles. The number of methoxy groups -OCH3 is 1. The van der Waals surface area contributed by atoms with Crippen LogP contribution in [0.5, 0.6) is 11.5 Å². The minimum Gasteiger partial charge on any atom is -0.493 e. The largest absolute Gasteiger partial charge is 0.493 e. The van der Waals surface area contributed by atoms with Crippen molar-refractivity contribution in [2.75, 3.05) is 7.11 Å². The second-order valence-electron chi connectivity index (χ2n) is 7.74. The normalized spacial score (nSPS) is 11.0. The number of ether oxygens (including phenoxy) is 2. The van der Waals surface area contributed by atoms with E-state index in [1.165, 1.54) is 10.8 Å². The molecule has 0 aliphatic rings. The molecule has 0 bridgehead atoms. The number of fused-ring (bicyclic) bond motifs is 1. The summed E-state index contributed by atoms with van der Waals surface area (Å²) in [4.78, 5) is 12.1. The number of halogens is 1. The molecule has 4 aromatic carbocycles. The molecule has 0 fully saturated rings. The Kier molecular flexibility index (Phi) is 8.14. The average Bonchev–Trinajstić information content (AvgIpc) is 2.87. The minimum absolute atomic E-state index is 0.128. The fourth-order valence-corrected chi connectivity index (χ4v) is 4.44. The molecule has 4 rings (SSSR count). The highest BCUT2D eigenvalue weighted by Crippen LogP contribution is 2.34. The summed E-state index contributed by atoms with van der Waals surface area (Å²) in [6, 6.07) is 28.2. The van der Waals surface area contributed by atoms with Crippen molar-refractivity contribution in [3.8, 4) is 11.5 Å². The van der Waals surface area contributed by atoms with Crippen molar-refractivity contribution >= 4 is 45.5 Å². The Bertz CT molecular complexity index is 1300. The lowest BCUT2D eigenvalue weighted by Gasteiger charge is -2.14. The Morgan fingerprint density at radius 2 is 1.76 bits per heavy atom. The molecule has 34 heavy (non-hydrogen) atoms. The van der Waals surface area contributed by atoms with Crippen LogP contribution in [0.15, 0.2) is 90.0 Å². The van der Waals surface area contributed by atoms with Gasteiger partial charge in [0, 0.05) is 6.42 Å². The van der Waals surface area contributed by atoms with Crippen LogP contribution in [-0.2, 0) is 17.8 Å². The Morgan fingerprint density at radius 3 is 2.59 bits per heavy atom. The Hall–Kier alpha value is -3.39. The van der Waals surface area contributed by atoms with Crippen molar-refractivity contribution < 1.29 is 14.3 Å². The minimum atomic E-state index is -0.128. The summed E-state index contributed by atoms with van der Waals surface area (Å²) in [5, 5.41) is 6.46. The molecule has 0 aliphatic heterocycles. The van der Waals surface area contributed by atoms with Crippen LogP contribution in [0, 0.1) is 3.57 Å². The Morgan fingerprint density at radius 1 is 1.00 bits per heavy atom. The highest BCUT2D eigenvalue weighted by Gasteiger charge is 2.12. The number of nitrogens with one attached hydrogen (secondary N) is 1. The van der Waals surface area contributed by atoms with Crippen molar-refractivity contribution in [3.05, 3.63) is 105 Å². The van der Waals surface area contributed by atoms with E-state index < -0.39 is 0 Å². The van der Waals surface area contributed by atoms with Gasteiger partial charge in [-0.25, -0.2) is 5.43 Å². The first kappa shape index (κ1) is 23.8. The van der Waals surface area contributed by atoms with Gasteiger partial charge in [-0.2, -0.15) is 5.10 Å². The molecular formula is C28H25IN2O3. The molecule has 0 atom stereocenters. The molecule has 6 heteroatoms. The van der Waals surface area contributed by atoms with Gasteiger partial charge in [-0.1, -0.05) is 72.8 Å². The van der Waals surface area contributed by atoms with E-state index in [9.17, 15) is 4.79 Å². The predicted molar refractivity (Wildman–Crippen MR) is 144 cm³/mol. The van der Waals surface area contributed by atoms with Crippen LogP contribution in [0.4, 0.5) is 0 Å². The molecule has 1 N–H and O–H groups in total. The summed E-state index contributed by atoms with van der Waals surface area (Å²) < 4.78 is 12.7. The number of rotatable bonds is 9. The lowest BCUT2D eigenvalue weighted by molar-refractivity contribution is -0.121. The number of amides is 1. The molecule has 0 spiro atoms. The highest BCUT2D eigenvalue weighted by molar-refractivity contribution is 14.1. The number of benzene rings is 4. The topological polar surface area (TPSA) is 59.9 Å². The zero-order chi connectivity index (χ0) is 23.8. The summed E-state index contributed by atoms with van der Waals surface area (Å²) in [6.07, 6.45) is 2.67. The van der Waals surface area contributed by atoms with Crippen LogP contribution < -0.4 is 14.9 Å². The molecule has 0 radical (unpaired) electrons. The first-order valence-electron chi connectivity index (χ1n) is 11.0. The van der Waals surface area contributed by atoms with Gasteiger partial charge in [-0.3, -0.25) is 4.79 Å². The summed E-state index contributed by atoms with van der Waals surface area (Å²) >= 11 is 2.23. The Balaban J connectivity index is 1.39. The third-order valence-electron chi connectivity index (χ3n) is 5.39.